The first-order chi connectivity index (χ1) is 16.4. The van der Waals surface area contributed by atoms with E-state index >= 15 is 0 Å². The van der Waals surface area contributed by atoms with Crippen LogP contribution < -0.4 is 10.1 Å². The first kappa shape index (κ1) is 27.5. The number of thiophene rings is 1. The second kappa shape index (κ2) is 12.2. The summed E-state index contributed by atoms with van der Waals surface area (Å²) in [6, 6.07) is 12.2. The highest BCUT2D eigenvalue weighted by molar-refractivity contribution is 7.10. The molecule has 2 aliphatic heterocycles. The molecule has 0 aliphatic carbocycles. The van der Waals surface area contributed by atoms with E-state index in [-0.39, 0.29) is 35.7 Å². The van der Waals surface area contributed by atoms with Gasteiger partial charge in [0.2, 0.25) is 11.8 Å². The van der Waals surface area contributed by atoms with Crippen molar-refractivity contribution in [1.82, 2.24) is 15.1 Å². The minimum atomic E-state index is -0.192. The van der Waals surface area contributed by atoms with Crippen LogP contribution in [0.25, 0.3) is 0 Å². The fraction of sp³-hybridized carbons (Fsp3) is 0.556. The number of nitrogens with one attached hydrogen (secondary N) is 1. The lowest BCUT2D eigenvalue weighted by Gasteiger charge is -2.38. The van der Waals surface area contributed by atoms with Gasteiger partial charge in [-0.2, -0.15) is 0 Å². The van der Waals surface area contributed by atoms with E-state index in [1.165, 1.54) is 4.88 Å². The maximum Gasteiger partial charge on any atom is 0.229 e. The third-order valence-corrected chi connectivity index (χ3v) is 8.39. The van der Waals surface area contributed by atoms with E-state index in [1.54, 1.807) is 18.4 Å². The predicted octanol–water partition coefficient (Wildman–Crippen LogP) is 4.90. The Kier molecular flexibility index (Phi) is 9.62. The molecule has 3 heterocycles. The fourth-order valence-electron chi connectivity index (χ4n) is 5.09. The normalized spacial score (nSPS) is 18.5. The summed E-state index contributed by atoms with van der Waals surface area (Å²) in [4.78, 5) is 31.4. The molecule has 35 heavy (non-hydrogen) atoms. The van der Waals surface area contributed by atoms with Crippen LogP contribution in [0.15, 0.2) is 41.8 Å². The number of rotatable bonds is 9. The third-order valence-electron chi connectivity index (χ3n) is 7.41. The minimum absolute atomic E-state index is 0. The Balaban J connectivity index is 0.00000342. The van der Waals surface area contributed by atoms with Crippen molar-refractivity contribution in [2.45, 2.75) is 52.1 Å². The van der Waals surface area contributed by atoms with Gasteiger partial charge >= 0.3 is 0 Å². The van der Waals surface area contributed by atoms with Crippen molar-refractivity contribution in [1.29, 1.82) is 0 Å². The zero-order valence-corrected chi connectivity index (χ0v) is 22.6. The number of carbonyl (C=O) groups excluding carboxylic acids is 2. The molecule has 2 amide bonds. The van der Waals surface area contributed by atoms with Gasteiger partial charge in [-0.25, -0.2) is 0 Å². The number of nitrogens with zero attached hydrogens (tertiary/aromatic N) is 2. The lowest BCUT2D eigenvalue weighted by molar-refractivity contribution is -0.139. The Morgan fingerprint density at radius 2 is 1.80 bits per heavy atom. The van der Waals surface area contributed by atoms with E-state index in [9.17, 15) is 9.59 Å². The second-order valence-electron chi connectivity index (χ2n) is 9.97. The number of hydrogen-bond acceptors (Lipinski definition) is 5. The van der Waals surface area contributed by atoms with Gasteiger partial charge in [0.25, 0.3) is 0 Å². The largest absolute Gasteiger partial charge is 0.497 e. The molecule has 8 heteroatoms. The highest BCUT2D eigenvalue weighted by Crippen LogP contribution is 2.42. The molecule has 2 aliphatic rings. The van der Waals surface area contributed by atoms with Gasteiger partial charge in [-0.15, -0.1) is 23.7 Å². The molecule has 0 radical (unpaired) electrons. The third kappa shape index (κ3) is 6.57. The number of amides is 2. The number of hydrogen-bond donors (Lipinski definition) is 1. The second-order valence-corrected chi connectivity index (χ2v) is 10.9. The molecule has 1 aromatic heterocycles. The van der Waals surface area contributed by atoms with E-state index < -0.39 is 0 Å². The van der Waals surface area contributed by atoms with Crippen molar-refractivity contribution < 1.29 is 14.3 Å². The van der Waals surface area contributed by atoms with Gasteiger partial charge in [-0.05, 0) is 67.9 Å². The SMILES string of the molecule is COc1ccc(CN2CCC3(CCN(CCC(NC(=O)C(C)C)c4cccs4)CC3)C2=O)cc1.Cl. The van der Waals surface area contributed by atoms with Crippen molar-refractivity contribution in [3.63, 3.8) is 0 Å². The summed E-state index contributed by atoms with van der Waals surface area (Å²) in [5, 5.41) is 5.29. The minimum Gasteiger partial charge on any atom is -0.497 e. The summed E-state index contributed by atoms with van der Waals surface area (Å²) < 4.78 is 5.24. The van der Waals surface area contributed by atoms with Crippen LogP contribution in [0.4, 0.5) is 0 Å². The number of halogens is 1. The van der Waals surface area contributed by atoms with Gasteiger partial charge in [-0.1, -0.05) is 32.0 Å². The van der Waals surface area contributed by atoms with Crippen LogP contribution in [0.1, 0.15) is 56.0 Å². The van der Waals surface area contributed by atoms with Crippen molar-refractivity contribution in [3.05, 3.63) is 52.2 Å². The molecule has 6 nitrogen and oxygen atoms in total. The summed E-state index contributed by atoms with van der Waals surface area (Å²) in [6.45, 7) is 8.19. The molecule has 1 N–H and O–H groups in total. The summed E-state index contributed by atoms with van der Waals surface area (Å²) in [6.07, 6.45) is 3.70. The Labute approximate surface area is 219 Å². The van der Waals surface area contributed by atoms with Crippen LogP contribution in [0.3, 0.4) is 0 Å². The molecule has 2 saturated heterocycles. The molecule has 1 atom stereocenters. The number of piperidine rings is 1. The summed E-state index contributed by atoms with van der Waals surface area (Å²) in [5.74, 6) is 1.24. The highest BCUT2D eigenvalue weighted by atomic mass is 35.5. The number of ether oxygens (including phenoxy) is 1. The summed E-state index contributed by atoms with van der Waals surface area (Å²) in [5.41, 5.74) is 0.953. The maximum absolute atomic E-state index is 13.4. The Morgan fingerprint density at radius 1 is 1.11 bits per heavy atom. The monoisotopic (exact) mass is 519 g/mol. The van der Waals surface area contributed by atoms with E-state index in [0.717, 1.165) is 63.2 Å². The van der Waals surface area contributed by atoms with Gasteiger partial charge < -0.3 is 19.9 Å². The summed E-state index contributed by atoms with van der Waals surface area (Å²) in [7, 11) is 1.67. The van der Waals surface area contributed by atoms with E-state index in [0.29, 0.717) is 12.5 Å². The van der Waals surface area contributed by atoms with Crippen LogP contribution in [0.5, 0.6) is 5.75 Å². The standard InChI is InChI=1S/C27H37N3O3S.ClH/c1-20(2)25(31)28-23(24-5-4-18-34-24)10-14-29-15-11-27(12-16-29)13-17-30(26(27)32)19-21-6-8-22(33-3)9-7-21;/h4-9,18,20,23H,10-17,19H2,1-3H3,(H,28,31);1H. The maximum atomic E-state index is 13.4. The van der Waals surface area contributed by atoms with E-state index in [2.05, 4.69) is 21.7 Å². The average molecular weight is 520 g/mol. The van der Waals surface area contributed by atoms with Gasteiger partial charge in [0, 0.05) is 30.4 Å². The van der Waals surface area contributed by atoms with Gasteiger partial charge in [0.15, 0.2) is 0 Å². The van der Waals surface area contributed by atoms with Crippen molar-refractivity contribution in [2.75, 3.05) is 33.3 Å². The van der Waals surface area contributed by atoms with E-state index in [4.69, 9.17) is 4.74 Å². The van der Waals surface area contributed by atoms with Crippen LogP contribution >= 0.6 is 23.7 Å². The molecule has 0 bridgehead atoms. The number of benzene rings is 1. The van der Waals surface area contributed by atoms with Crippen LogP contribution in [-0.2, 0) is 16.1 Å². The quantitative estimate of drug-likeness (QED) is 0.512. The Morgan fingerprint density at radius 3 is 2.40 bits per heavy atom. The number of methoxy groups -OCH3 is 1. The van der Waals surface area contributed by atoms with Crippen molar-refractivity contribution in [2.24, 2.45) is 11.3 Å². The number of carbonyl (C=O) groups is 2. The molecule has 0 saturated carbocycles. The molecule has 1 spiro atoms. The number of likely N-dealkylation sites (tertiary alicyclic amines) is 2. The van der Waals surface area contributed by atoms with E-state index in [1.807, 2.05) is 49.1 Å². The molecular weight excluding hydrogens is 482 g/mol. The van der Waals surface area contributed by atoms with Crippen molar-refractivity contribution >= 4 is 35.6 Å². The first-order valence-corrected chi connectivity index (χ1v) is 13.3. The molecular formula is C27H38ClN3O3S. The van der Waals surface area contributed by atoms with Crippen LogP contribution in [0, 0.1) is 11.3 Å². The Bertz CT molecular complexity index is 957. The van der Waals surface area contributed by atoms with Crippen LogP contribution in [-0.4, -0.2) is 54.9 Å². The fourth-order valence-corrected chi connectivity index (χ4v) is 5.90. The average Bonchev–Trinajstić information content (AvgIpc) is 3.48. The van der Waals surface area contributed by atoms with Gasteiger partial charge in [-0.3, -0.25) is 9.59 Å². The topological polar surface area (TPSA) is 61.9 Å². The smallest absolute Gasteiger partial charge is 0.229 e. The molecule has 1 aromatic carbocycles. The lowest BCUT2D eigenvalue weighted by Crippen LogP contribution is -2.45. The van der Waals surface area contributed by atoms with Crippen molar-refractivity contribution in [3.8, 4) is 5.75 Å². The molecule has 1 unspecified atom stereocenters. The highest BCUT2D eigenvalue weighted by Gasteiger charge is 2.47. The van der Waals surface area contributed by atoms with Gasteiger partial charge in [0.1, 0.15) is 5.75 Å². The Hall–Kier alpha value is -2.09. The molecule has 4 rings (SSSR count). The first-order valence-electron chi connectivity index (χ1n) is 12.4. The zero-order chi connectivity index (χ0) is 24.1. The predicted molar refractivity (Wildman–Crippen MR) is 143 cm³/mol. The summed E-state index contributed by atoms with van der Waals surface area (Å²) >= 11 is 1.70. The van der Waals surface area contributed by atoms with Gasteiger partial charge in [0.05, 0.1) is 18.6 Å². The lowest BCUT2D eigenvalue weighted by atomic mass is 9.77. The molecule has 2 aromatic rings. The molecule has 2 fully saturated rings. The zero-order valence-electron chi connectivity index (χ0n) is 21.0. The molecule has 192 valence electrons. The van der Waals surface area contributed by atoms with Crippen LogP contribution in [0.2, 0.25) is 0 Å².